The van der Waals surface area contributed by atoms with Crippen molar-refractivity contribution in [2.24, 2.45) is 0 Å². The second kappa shape index (κ2) is 6.72. The molecule has 1 aliphatic heterocycles. The number of ether oxygens (including phenoxy) is 1. The number of nitrogens with zero attached hydrogens (tertiary/aromatic N) is 1. The molecule has 2 rings (SSSR count). The van der Waals surface area contributed by atoms with Gasteiger partial charge in [0.15, 0.2) is 16.3 Å². The Hall–Kier alpha value is -1.51. The van der Waals surface area contributed by atoms with Crippen LogP contribution in [0.2, 0.25) is 0 Å². The van der Waals surface area contributed by atoms with Crippen molar-refractivity contribution in [2.75, 3.05) is 4.90 Å². The maximum absolute atomic E-state index is 11.9. The van der Waals surface area contributed by atoms with Crippen molar-refractivity contribution in [1.82, 2.24) is 5.32 Å². The van der Waals surface area contributed by atoms with Crippen LogP contribution in [0.5, 0.6) is 0 Å². The van der Waals surface area contributed by atoms with Crippen molar-refractivity contribution in [3.8, 4) is 0 Å². The number of fused-ring (bicyclic) bond motifs is 1. The van der Waals surface area contributed by atoms with E-state index in [0.717, 1.165) is 15.7 Å². The molecule has 0 aliphatic carbocycles. The molecule has 6 heteroatoms. The molecule has 0 unspecified atom stereocenters. The number of alkyl carbamates (subject to hydrolysis) is 1. The predicted molar refractivity (Wildman–Crippen MR) is 86.6 cm³/mol. The molecular formula is C16H21AlN2O3. The smallest absolute Gasteiger partial charge is 0.407 e. The van der Waals surface area contributed by atoms with E-state index in [4.69, 9.17) is 4.74 Å². The van der Waals surface area contributed by atoms with Gasteiger partial charge in [-0.15, -0.1) is 4.43 Å². The molecule has 1 aromatic carbocycles. The monoisotopic (exact) mass is 316 g/mol. The fraction of sp³-hybridized carbons (Fsp3) is 0.500. The summed E-state index contributed by atoms with van der Waals surface area (Å²) < 4.78 is 6.19. The molecule has 1 aliphatic rings. The quantitative estimate of drug-likeness (QED) is 0.847. The molecule has 5 nitrogen and oxygen atoms in total. The van der Waals surface area contributed by atoms with Crippen molar-refractivity contribution in [3.05, 3.63) is 23.8 Å². The van der Waals surface area contributed by atoms with E-state index in [-0.39, 0.29) is 24.1 Å². The van der Waals surface area contributed by atoms with Crippen molar-refractivity contribution in [2.45, 2.75) is 52.3 Å². The highest BCUT2D eigenvalue weighted by atomic mass is 27.0. The Labute approximate surface area is 139 Å². The van der Waals surface area contributed by atoms with Crippen molar-refractivity contribution in [3.63, 3.8) is 0 Å². The largest absolute Gasteiger partial charge is 0.447 e. The summed E-state index contributed by atoms with van der Waals surface area (Å²) in [4.78, 5) is 25.6. The zero-order chi connectivity index (χ0) is 16.4. The van der Waals surface area contributed by atoms with E-state index in [1.807, 2.05) is 39.0 Å². The number of benzene rings is 1. The lowest BCUT2D eigenvalue weighted by atomic mass is 9.91. The second-order valence-corrected chi connectivity index (χ2v) is 6.61. The predicted octanol–water partition coefficient (Wildman–Crippen LogP) is 1.80. The van der Waals surface area contributed by atoms with E-state index in [9.17, 15) is 9.59 Å². The molecule has 2 radical (unpaired) electrons. The number of hydrogen-bond acceptors (Lipinski definition) is 3. The first kappa shape index (κ1) is 16.9. The van der Waals surface area contributed by atoms with E-state index >= 15 is 0 Å². The molecule has 22 heavy (non-hydrogen) atoms. The van der Waals surface area contributed by atoms with E-state index in [2.05, 4.69) is 21.6 Å². The number of hydrogen-bond donors (Lipinski definition) is 1. The summed E-state index contributed by atoms with van der Waals surface area (Å²) in [5.41, 5.74) is 1.80. The minimum absolute atomic E-state index is 0.00784. The third kappa shape index (κ3) is 3.63. The zero-order valence-electron chi connectivity index (χ0n) is 13.4. The van der Waals surface area contributed by atoms with Gasteiger partial charge in [0.25, 0.3) is 0 Å². The van der Waals surface area contributed by atoms with Crippen LogP contribution in [-0.2, 0) is 9.53 Å². The molecule has 1 N–H and O–H groups in total. The van der Waals surface area contributed by atoms with Gasteiger partial charge in [-0.25, -0.2) is 4.79 Å². The summed E-state index contributed by atoms with van der Waals surface area (Å²) in [6.07, 6.45) is 0.0688. The standard InChI is InChI=1S/C16H21N2O3.Al/c1-10(2)21-16(20)17-14-9-11(3)18(12(4)19)15-8-6-5-7-13(14)15;/h6-8,10-11,14H,9H2,1-4H3,(H,17,20);/t11-,14+;/m0./s1. The summed E-state index contributed by atoms with van der Waals surface area (Å²) in [6.45, 7) is 7.18. The molecule has 0 saturated heterocycles. The molecule has 0 aromatic heterocycles. The first-order valence-corrected chi connectivity index (χ1v) is 8.03. The number of carbonyl (C=O) groups excluding carboxylic acids is 2. The average molecular weight is 316 g/mol. The van der Waals surface area contributed by atoms with Crippen LogP contribution in [0.3, 0.4) is 0 Å². The van der Waals surface area contributed by atoms with Crippen LogP contribution >= 0.6 is 0 Å². The zero-order valence-corrected chi connectivity index (χ0v) is 14.6. The number of amides is 2. The van der Waals surface area contributed by atoms with Crippen molar-refractivity contribution in [1.29, 1.82) is 0 Å². The summed E-state index contributed by atoms with van der Waals surface area (Å²) in [7, 11) is 0. The van der Waals surface area contributed by atoms with Gasteiger partial charge in [0.05, 0.1) is 12.1 Å². The number of anilines is 1. The molecule has 2 amide bonds. The second-order valence-electron chi connectivity index (χ2n) is 5.94. The lowest BCUT2D eigenvalue weighted by Gasteiger charge is -2.39. The maximum atomic E-state index is 11.9. The highest BCUT2D eigenvalue weighted by molar-refractivity contribution is 6.32. The van der Waals surface area contributed by atoms with Gasteiger partial charge in [-0.2, -0.15) is 0 Å². The molecule has 2 atom stereocenters. The summed E-state index contributed by atoms with van der Waals surface area (Å²) in [5, 5.41) is 2.92. The van der Waals surface area contributed by atoms with E-state index in [1.54, 1.807) is 11.8 Å². The third-order valence-corrected chi connectivity index (χ3v) is 4.04. The van der Waals surface area contributed by atoms with E-state index in [0.29, 0.717) is 6.42 Å². The molecule has 0 fully saturated rings. The van der Waals surface area contributed by atoms with Crippen LogP contribution in [0.15, 0.2) is 18.2 Å². The summed E-state index contributed by atoms with van der Waals surface area (Å²) in [6, 6.07) is 5.72. The van der Waals surface area contributed by atoms with E-state index < -0.39 is 6.09 Å². The molecule has 1 heterocycles. The van der Waals surface area contributed by atoms with Crippen LogP contribution in [0.1, 0.15) is 45.7 Å². The Balaban J connectivity index is 2.33. The van der Waals surface area contributed by atoms with Crippen molar-refractivity contribution < 1.29 is 14.3 Å². The Kier molecular flexibility index (Phi) is 5.15. The van der Waals surface area contributed by atoms with Gasteiger partial charge < -0.3 is 15.0 Å². The van der Waals surface area contributed by atoms with Gasteiger partial charge >= 0.3 is 6.09 Å². The molecule has 1 aromatic rings. The fourth-order valence-electron chi connectivity index (χ4n) is 2.89. The van der Waals surface area contributed by atoms with Crippen LogP contribution in [0, 0.1) is 0 Å². The number of rotatable bonds is 2. The van der Waals surface area contributed by atoms with Crippen LogP contribution in [0.4, 0.5) is 10.5 Å². The van der Waals surface area contributed by atoms with Crippen LogP contribution < -0.4 is 14.6 Å². The lowest BCUT2D eigenvalue weighted by molar-refractivity contribution is -0.117. The Bertz CT molecular complexity index is 589. The highest BCUT2D eigenvalue weighted by Gasteiger charge is 2.33. The summed E-state index contributed by atoms with van der Waals surface area (Å²) >= 11 is 2.64. The normalized spacial score (nSPS) is 20.5. The van der Waals surface area contributed by atoms with Crippen LogP contribution in [0.25, 0.3) is 0 Å². The maximum Gasteiger partial charge on any atom is 0.407 e. The molecule has 0 spiro atoms. The Morgan fingerprint density at radius 3 is 2.68 bits per heavy atom. The van der Waals surface area contributed by atoms with E-state index in [1.165, 1.54) is 0 Å². The third-order valence-electron chi connectivity index (χ3n) is 3.68. The first-order chi connectivity index (χ1) is 10.3. The van der Waals surface area contributed by atoms with Gasteiger partial charge in [-0.05, 0) is 38.8 Å². The molecular weight excluding hydrogens is 295 g/mol. The molecule has 0 bridgehead atoms. The first-order valence-electron chi connectivity index (χ1n) is 7.46. The van der Waals surface area contributed by atoms with Gasteiger partial charge in [0.1, 0.15) is 0 Å². The minimum Gasteiger partial charge on any atom is -0.447 e. The van der Waals surface area contributed by atoms with Gasteiger partial charge in [-0.1, -0.05) is 12.1 Å². The van der Waals surface area contributed by atoms with Gasteiger partial charge in [0, 0.05) is 18.7 Å². The molecule has 0 saturated carbocycles. The SMILES string of the molecule is CC(=O)N1c2cc[c]([Al])cc2[C@H](NC(=O)OC(C)C)C[C@@H]1C. The average Bonchev–Trinajstić information content (AvgIpc) is 2.37. The van der Waals surface area contributed by atoms with Gasteiger partial charge in [-0.3, -0.25) is 4.79 Å². The lowest BCUT2D eigenvalue weighted by Crippen LogP contribution is -2.46. The Morgan fingerprint density at radius 1 is 1.41 bits per heavy atom. The number of carbonyl (C=O) groups is 2. The topological polar surface area (TPSA) is 58.6 Å². The summed E-state index contributed by atoms with van der Waals surface area (Å²) in [5.74, 6) is 0.00784. The van der Waals surface area contributed by atoms with Crippen LogP contribution in [-0.4, -0.2) is 40.4 Å². The highest BCUT2D eigenvalue weighted by Crippen LogP contribution is 2.36. The number of nitrogens with one attached hydrogen (secondary N) is 1. The minimum atomic E-state index is -0.427. The van der Waals surface area contributed by atoms with Gasteiger partial charge in [0.2, 0.25) is 5.91 Å². The van der Waals surface area contributed by atoms with Crippen molar-refractivity contribution >= 4 is 38.4 Å². The Morgan fingerprint density at radius 2 is 2.09 bits per heavy atom. The fourth-order valence-corrected chi connectivity index (χ4v) is 3.17. The molecule has 116 valence electrons.